The van der Waals surface area contributed by atoms with Crippen LogP contribution in [0.1, 0.15) is 25.7 Å². The third-order valence-corrected chi connectivity index (χ3v) is 3.15. The second-order valence-electron chi connectivity index (χ2n) is 3.86. The average molecular weight is 153 g/mol. The van der Waals surface area contributed by atoms with Gasteiger partial charge in [0, 0.05) is 13.1 Å². The van der Waals surface area contributed by atoms with E-state index in [2.05, 4.69) is 0 Å². The number of likely N-dealkylation sites (tertiary alicyclic amines) is 1. The summed E-state index contributed by atoms with van der Waals surface area (Å²) in [4.78, 5) is 12.4. The van der Waals surface area contributed by atoms with Crippen molar-refractivity contribution in [2.45, 2.75) is 25.7 Å². The van der Waals surface area contributed by atoms with Crippen LogP contribution in [0.3, 0.4) is 0 Å². The molecular formula is C9H15NO. The fraction of sp³-hybridized carbons (Fsp3) is 0.889. The summed E-state index contributed by atoms with van der Waals surface area (Å²) in [5, 5.41) is 0. The summed E-state index contributed by atoms with van der Waals surface area (Å²) < 4.78 is 0. The van der Waals surface area contributed by atoms with Crippen LogP contribution < -0.4 is 0 Å². The molecular weight excluding hydrogens is 138 g/mol. The molecule has 1 heterocycles. The summed E-state index contributed by atoms with van der Waals surface area (Å²) in [5.41, 5.74) is 0. The summed E-state index contributed by atoms with van der Waals surface area (Å²) in [7, 11) is 0. The lowest BCUT2D eigenvalue weighted by molar-refractivity contribution is -0.117. The van der Waals surface area contributed by atoms with E-state index >= 15 is 0 Å². The molecule has 0 spiro atoms. The minimum atomic E-state index is 0.842. The predicted molar refractivity (Wildman–Crippen MR) is 43.1 cm³/mol. The van der Waals surface area contributed by atoms with Gasteiger partial charge < -0.3 is 4.90 Å². The van der Waals surface area contributed by atoms with Gasteiger partial charge in [-0.1, -0.05) is 12.8 Å². The van der Waals surface area contributed by atoms with Crippen molar-refractivity contribution in [1.29, 1.82) is 0 Å². The summed E-state index contributed by atoms with van der Waals surface area (Å²) in [5.74, 6) is 1.68. The smallest absolute Gasteiger partial charge is 0.209 e. The van der Waals surface area contributed by atoms with E-state index in [1.165, 1.54) is 25.7 Å². The lowest BCUT2D eigenvalue weighted by Crippen LogP contribution is -2.17. The zero-order chi connectivity index (χ0) is 7.68. The minimum absolute atomic E-state index is 0.842. The first-order valence-electron chi connectivity index (χ1n) is 4.59. The van der Waals surface area contributed by atoms with E-state index in [0.29, 0.717) is 0 Å². The van der Waals surface area contributed by atoms with Crippen molar-refractivity contribution in [2.75, 3.05) is 13.1 Å². The Morgan fingerprint density at radius 1 is 1.09 bits per heavy atom. The van der Waals surface area contributed by atoms with Crippen molar-refractivity contribution in [3.63, 3.8) is 0 Å². The Balaban J connectivity index is 1.97. The number of hydrogen-bond acceptors (Lipinski definition) is 1. The molecule has 2 fully saturated rings. The van der Waals surface area contributed by atoms with Gasteiger partial charge in [0.25, 0.3) is 0 Å². The molecule has 0 bridgehead atoms. The highest BCUT2D eigenvalue weighted by atomic mass is 16.1. The standard InChI is InChI=1S/C9H15NO/c11-7-10-5-8-3-1-2-4-9(8)6-10/h7-9H,1-6H2. The van der Waals surface area contributed by atoms with Crippen LogP contribution in [-0.4, -0.2) is 24.4 Å². The van der Waals surface area contributed by atoms with Gasteiger partial charge in [0.15, 0.2) is 0 Å². The molecule has 2 nitrogen and oxygen atoms in total. The van der Waals surface area contributed by atoms with Crippen molar-refractivity contribution in [1.82, 2.24) is 4.90 Å². The number of nitrogens with zero attached hydrogens (tertiary/aromatic N) is 1. The van der Waals surface area contributed by atoms with E-state index in [-0.39, 0.29) is 0 Å². The van der Waals surface area contributed by atoms with Gasteiger partial charge in [-0.2, -0.15) is 0 Å². The molecule has 1 amide bonds. The molecule has 2 heteroatoms. The first kappa shape index (κ1) is 7.14. The van der Waals surface area contributed by atoms with Gasteiger partial charge in [-0.05, 0) is 24.7 Å². The zero-order valence-electron chi connectivity index (χ0n) is 6.83. The van der Waals surface area contributed by atoms with E-state index in [0.717, 1.165) is 31.3 Å². The lowest BCUT2D eigenvalue weighted by Gasteiger charge is -2.22. The summed E-state index contributed by atoms with van der Waals surface area (Å²) in [6.45, 7) is 2.07. The van der Waals surface area contributed by atoms with Crippen LogP contribution in [0, 0.1) is 11.8 Å². The third kappa shape index (κ3) is 1.26. The fourth-order valence-electron chi connectivity index (χ4n) is 2.53. The van der Waals surface area contributed by atoms with Crippen LogP contribution in [0.25, 0.3) is 0 Å². The second kappa shape index (κ2) is 2.84. The summed E-state index contributed by atoms with van der Waals surface area (Å²) in [6, 6.07) is 0. The van der Waals surface area contributed by atoms with E-state index in [1.807, 2.05) is 4.90 Å². The third-order valence-electron chi connectivity index (χ3n) is 3.15. The van der Waals surface area contributed by atoms with Gasteiger partial charge in [0.05, 0.1) is 0 Å². The molecule has 2 atom stereocenters. The molecule has 1 aliphatic carbocycles. The van der Waals surface area contributed by atoms with Crippen molar-refractivity contribution >= 4 is 6.41 Å². The lowest BCUT2D eigenvalue weighted by atomic mass is 9.82. The summed E-state index contributed by atoms with van der Waals surface area (Å²) in [6.07, 6.45) is 6.49. The molecule has 11 heavy (non-hydrogen) atoms. The number of fused-ring (bicyclic) bond motifs is 1. The number of carbonyl (C=O) groups excluding carboxylic acids is 1. The average Bonchev–Trinajstić information content (AvgIpc) is 2.46. The highest BCUT2D eigenvalue weighted by Crippen LogP contribution is 2.35. The maximum Gasteiger partial charge on any atom is 0.209 e. The van der Waals surface area contributed by atoms with Gasteiger partial charge in [-0.3, -0.25) is 4.79 Å². The molecule has 0 radical (unpaired) electrons. The molecule has 2 aliphatic rings. The zero-order valence-corrected chi connectivity index (χ0v) is 6.83. The summed E-state index contributed by atoms with van der Waals surface area (Å²) >= 11 is 0. The number of amides is 1. The van der Waals surface area contributed by atoms with Crippen LogP contribution >= 0.6 is 0 Å². The van der Waals surface area contributed by atoms with Crippen molar-refractivity contribution in [3.05, 3.63) is 0 Å². The Labute approximate surface area is 67.6 Å². The van der Waals surface area contributed by atoms with Crippen LogP contribution in [0.4, 0.5) is 0 Å². The molecule has 0 aromatic rings. The molecule has 62 valence electrons. The quantitative estimate of drug-likeness (QED) is 0.519. The van der Waals surface area contributed by atoms with E-state index < -0.39 is 0 Å². The number of rotatable bonds is 1. The number of hydrogen-bond donors (Lipinski definition) is 0. The highest BCUT2D eigenvalue weighted by molar-refractivity contribution is 5.47. The Morgan fingerprint density at radius 2 is 1.64 bits per heavy atom. The Bertz CT molecular complexity index is 144. The van der Waals surface area contributed by atoms with Crippen molar-refractivity contribution in [3.8, 4) is 0 Å². The topological polar surface area (TPSA) is 20.3 Å². The maximum atomic E-state index is 10.5. The minimum Gasteiger partial charge on any atom is -0.345 e. The SMILES string of the molecule is O=CN1CC2CCCCC2C1. The molecule has 0 aromatic carbocycles. The van der Waals surface area contributed by atoms with Gasteiger partial charge >= 0.3 is 0 Å². The predicted octanol–water partition coefficient (Wildman–Crippen LogP) is 1.26. The van der Waals surface area contributed by atoms with Crippen LogP contribution in [0.2, 0.25) is 0 Å². The normalized spacial score (nSPS) is 36.9. The van der Waals surface area contributed by atoms with Crippen LogP contribution in [0.5, 0.6) is 0 Å². The molecule has 2 rings (SSSR count). The monoisotopic (exact) mass is 153 g/mol. The van der Waals surface area contributed by atoms with E-state index in [1.54, 1.807) is 0 Å². The van der Waals surface area contributed by atoms with Crippen molar-refractivity contribution in [2.24, 2.45) is 11.8 Å². The molecule has 1 saturated heterocycles. The van der Waals surface area contributed by atoms with Gasteiger partial charge in [0.2, 0.25) is 6.41 Å². The molecule has 0 aromatic heterocycles. The van der Waals surface area contributed by atoms with Crippen LogP contribution in [-0.2, 0) is 4.79 Å². The van der Waals surface area contributed by atoms with E-state index in [9.17, 15) is 4.79 Å². The Kier molecular flexibility index (Phi) is 1.84. The van der Waals surface area contributed by atoms with E-state index in [4.69, 9.17) is 0 Å². The largest absolute Gasteiger partial charge is 0.345 e. The molecule has 1 aliphatic heterocycles. The van der Waals surface area contributed by atoms with Gasteiger partial charge in [-0.15, -0.1) is 0 Å². The Morgan fingerprint density at radius 3 is 2.09 bits per heavy atom. The molecule has 1 saturated carbocycles. The Hall–Kier alpha value is -0.530. The highest BCUT2D eigenvalue weighted by Gasteiger charge is 2.33. The van der Waals surface area contributed by atoms with Gasteiger partial charge in [0.1, 0.15) is 0 Å². The molecule has 2 unspecified atom stereocenters. The second-order valence-corrected chi connectivity index (χ2v) is 3.86. The maximum absolute atomic E-state index is 10.5. The van der Waals surface area contributed by atoms with Crippen LogP contribution in [0.15, 0.2) is 0 Å². The fourth-order valence-corrected chi connectivity index (χ4v) is 2.53. The first-order chi connectivity index (χ1) is 5.40. The van der Waals surface area contributed by atoms with Gasteiger partial charge in [-0.25, -0.2) is 0 Å². The molecule has 0 N–H and O–H groups in total. The van der Waals surface area contributed by atoms with Crippen molar-refractivity contribution < 1.29 is 4.79 Å². The number of carbonyl (C=O) groups is 1. The first-order valence-corrected chi connectivity index (χ1v) is 4.59.